The van der Waals surface area contributed by atoms with Gasteiger partial charge in [0.05, 0.1) is 28.6 Å². The second-order valence-electron chi connectivity index (χ2n) is 4.35. The molecule has 2 nitrogen and oxygen atoms in total. The first-order valence-corrected chi connectivity index (χ1v) is 7.84. The van der Waals surface area contributed by atoms with Gasteiger partial charge in [0.15, 0.2) is 0 Å². The van der Waals surface area contributed by atoms with Gasteiger partial charge in [-0.25, -0.2) is 0 Å². The molecule has 0 aliphatic carbocycles. The highest BCUT2D eigenvalue weighted by atomic mass is 35.5. The van der Waals surface area contributed by atoms with Crippen LogP contribution in [0.15, 0.2) is 34.7 Å². The van der Waals surface area contributed by atoms with Crippen LogP contribution in [0.2, 0.25) is 5.02 Å². The van der Waals surface area contributed by atoms with Gasteiger partial charge in [0.25, 0.3) is 0 Å². The maximum atomic E-state index is 12.5. The molecule has 0 aliphatic rings. The molecule has 7 heteroatoms. The Bertz CT molecular complexity index is 613. The predicted octanol–water partition coefficient (Wildman–Crippen LogP) is 5.43. The van der Waals surface area contributed by atoms with E-state index in [1.165, 1.54) is 6.07 Å². The lowest BCUT2D eigenvalue weighted by atomic mass is 10.2. The quantitative estimate of drug-likeness (QED) is 0.789. The number of halogens is 4. The lowest BCUT2D eigenvalue weighted by molar-refractivity contribution is -0.137. The predicted molar refractivity (Wildman–Crippen MR) is 79.7 cm³/mol. The van der Waals surface area contributed by atoms with Gasteiger partial charge >= 0.3 is 6.18 Å². The third kappa shape index (κ3) is 4.35. The summed E-state index contributed by atoms with van der Waals surface area (Å²) in [5, 5.41) is 2.99. The van der Waals surface area contributed by atoms with Crippen molar-refractivity contribution in [1.82, 2.24) is 0 Å². The SMILES string of the molecule is CSCc1ccc(CNc2ccc(C(F)(F)F)cc2Cl)o1. The third-order valence-corrected chi connectivity index (χ3v) is 3.64. The summed E-state index contributed by atoms with van der Waals surface area (Å²) >= 11 is 7.51. The lowest BCUT2D eigenvalue weighted by Crippen LogP contribution is -2.06. The molecule has 1 aromatic heterocycles. The van der Waals surface area contributed by atoms with E-state index in [9.17, 15) is 13.2 Å². The second kappa shape index (κ2) is 6.66. The Morgan fingerprint density at radius 1 is 1.19 bits per heavy atom. The summed E-state index contributed by atoms with van der Waals surface area (Å²) in [5.74, 6) is 2.34. The molecule has 1 aromatic carbocycles. The van der Waals surface area contributed by atoms with E-state index in [4.69, 9.17) is 16.0 Å². The van der Waals surface area contributed by atoms with Crippen LogP contribution in [0, 0.1) is 0 Å². The Morgan fingerprint density at radius 3 is 2.52 bits per heavy atom. The summed E-state index contributed by atoms with van der Waals surface area (Å²) in [6.45, 7) is 0.361. The molecule has 21 heavy (non-hydrogen) atoms. The van der Waals surface area contributed by atoms with E-state index in [1.54, 1.807) is 11.8 Å². The highest BCUT2D eigenvalue weighted by molar-refractivity contribution is 7.97. The van der Waals surface area contributed by atoms with E-state index in [0.717, 1.165) is 23.6 Å². The molecule has 0 aliphatic heterocycles. The number of alkyl halides is 3. The van der Waals surface area contributed by atoms with E-state index in [1.807, 2.05) is 18.4 Å². The van der Waals surface area contributed by atoms with E-state index in [0.29, 0.717) is 18.0 Å². The van der Waals surface area contributed by atoms with Crippen LogP contribution in [0.25, 0.3) is 0 Å². The topological polar surface area (TPSA) is 25.2 Å². The van der Waals surface area contributed by atoms with Crippen molar-refractivity contribution in [2.24, 2.45) is 0 Å². The van der Waals surface area contributed by atoms with E-state index in [2.05, 4.69) is 5.32 Å². The van der Waals surface area contributed by atoms with Gasteiger partial charge in [0.1, 0.15) is 11.5 Å². The van der Waals surface area contributed by atoms with Crippen LogP contribution in [-0.2, 0) is 18.5 Å². The molecule has 0 bridgehead atoms. The summed E-state index contributed by atoms with van der Waals surface area (Å²) in [6, 6.07) is 6.93. The van der Waals surface area contributed by atoms with Crippen molar-refractivity contribution in [2.45, 2.75) is 18.5 Å². The summed E-state index contributed by atoms with van der Waals surface area (Å²) in [5.41, 5.74) is -0.328. The molecule has 1 N–H and O–H groups in total. The van der Waals surface area contributed by atoms with Crippen molar-refractivity contribution in [3.8, 4) is 0 Å². The maximum Gasteiger partial charge on any atom is 0.416 e. The Balaban J connectivity index is 2.02. The third-order valence-electron chi connectivity index (χ3n) is 2.75. The Hall–Kier alpha value is -1.27. The average Bonchev–Trinajstić information content (AvgIpc) is 2.84. The number of rotatable bonds is 5. The van der Waals surface area contributed by atoms with Crippen molar-refractivity contribution in [2.75, 3.05) is 11.6 Å². The maximum absolute atomic E-state index is 12.5. The molecule has 0 unspecified atom stereocenters. The van der Waals surface area contributed by atoms with Crippen LogP contribution in [-0.4, -0.2) is 6.26 Å². The summed E-state index contributed by atoms with van der Waals surface area (Å²) in [4.78, 5) is 0. The zero-order valence-corrected chi connectivity index (χ0v) is 12.7. The number of furan rings is 1. The van der Waals surface area contributed by atoms with Crippen LogP contribution in [0.1, 0.15) is 17.1 Å². The molecular weight excluding hydrogens is 323 g/mol. The zero-order chi connectivity index (χ0) is 15.5. The normalized spacial score (nSPS) is 11.7. The van der Waals surface area contributed by atoms with E-state index < -0.39 is 11.7 Å². The van der Waals surface area contributed by atoms with Gasteiger partial charge < -0.3 is 9.73 Å². The molecule has 0 saturated carbocycles. The highest BCUT2D eigenvalue weighted by Gasteiger charge is 2.30. The van der Waals surface area contributed by atoms with Crippen molar-refractivity contribution < 1.29 is 17.6 Å². The first-order valence-electron chi connectivity index (χ1n) is 6.07. The second-order valence-corrected chi connectivity index (χ2v) is 5.62. The van der Waals surface area contributed by atoms with Gasteiger partial charge in [-0.2, -0.15) is 24.9 Å². The average molecular weight is 336 g/mol. The standard InChI is InChI=1S/C14H13ClF3NOS/c1-21-8-11-4-3-10(20-11)7-19-13-5-2-9(6-12(13)15)14(16,17)18/h2-6,19H,7-8H2,1H3. The van der Waals surface area contributed by atoms with Crippen LogP contribution < -0.4 is 5.32 Å². The minimum absolute atomic E-state index is 0.0284. The molecular formula is C14H13ClF3NOS. The number of anilines is 1. The fraction of sp³-hybridized carbons (Fsp3) is 0.286. The van der Waals surface area contributed by atoms with Gasteiger partial charge in [-0.3, -0.25) is 0 Å². The molecule has 0 fully saturated rings. The largest absolute Gasteiger partial charge is 0.463 e. The van der Waals surface area contributed by atoms with Gasteiger partial charge in [-0.15, -0.1) is 0 Å². The fourth-order valence-electron chi connectivity index (χ4n) is 1.75. The number of hydrogen-bond donors (Lipinski definition) is 1. The molecule has 0 spiro atoms. The number of benzene rings is 1. The molecule has 0 atom stereocenters. The van der Waals surface area contributed by atoms with Gasteiger partial charge in [0, 0.05) is 0 Å². The number of hydrogen-bond acceptors (Lipinski definition) is 3. The molecule has 0 amide bonds. The fourth-order valence-corrected chi connectivity index (χ4v) is 2.44. The van der Waals surface area contributed by atoms with Crippen LogP contribution in [0.3, 0.4) is 0 Å². The van der Waals surface area contributed by atoms with Crippen molar-refractivity contribution >= 4 is 29.1 Å². The minimum atomic E-state index is -4.39. The van der Waals surface area contributed by atoms with Crippen molar-refractivity contribution in [1.29, 1.82) is 0 Å². The van der Waals surface area contributed by atoms with Crippen LogP contribution in [0.4, 0.5) is 18.9 Å². The molecule has 2 aromatic rings. The summed E-state index contributed by atoms with van der Waals surface area (Å²) in [6.07, 6.45) is -2.42. The summed E-state index contributed by atoms with van der Waals surface area (Å²) < 4.78 is 43.1. The van der Waals surface area contributed by atoms with Gasteiger partial charge in [0.2, 0.25) is 0 Å². The van der Waals surface area contributed by atoms with Crippen molar-refractivity contribution in [3.63, 3.8) is 0 Å². The smallest absolute Gasteiger partial charge is 0.416 e. The van der Waals surface area contributed by atoms with Gasteiger partial charge in [-0.1, -0.05) is 11.6 Å². The van der Waals surface area contributed by atoms with E-state index in [-0.39, 0.29) is 5.02 Å². The van der Waals surface area contributed by atoms with Crippen LogP contribution >= 0.6 is 23.4 Å². The van der Waals surface area contributed by atoms with E-state index >= 15 is 0 Å². The number of nitrogens with one attached hydrogen (secondary N) is 1. The Morgan fingerprint density at radius 2 is 1.90 bits per heavy atom. The molecule has 1 heterocycles. The molecule has 2 rings (SSSR count). The molecule has 0 radical (unpaired) electrons. The van der Waals surface area contributed by atoms with Crippen LogP contribution in [0.5, 0.6) is 0 Å². The highest BCUT2D eigenvalue weighted by Crippen LogP contribution is 2.33. The minimum Gasteiger partial charge on any atom is -0.463 e. The molecule has 0 saturated heterocycles. The lowest BCUT2D eigenvalue weighted by Gasteiger charge is -2.11. The Labute approximate surface area is 129 Å². The van der Waals surface area contributed by atoms with Crippen molar-refractivity contribution in [3.05, 3.63) is 52.4 Å². The number of thioether (sulfide) groups is 1. The zero-order valence-electron chi connectivity index (χ0n) is 11.1. The summed E-state index contributed by atoms with van der Waals surface area (Å²) in [7, 11) is 0. The van der Waals surface area contributed by atoms with Gasteiger partial charge in [-0.05, 0) is 36.6 Å². The Kier molecular flexibility index (Phi) is 5.11. The monoisotopic (exact) mass is 335 g/mol. The first kappa shape index (κ1) is 16.1. The first-order chi connectivity index (χ1) is 9.90. The molecule has 114 valence electrons.